The normalized spacial score (nSPS) is 13.3. The zero-order valence-electron chi connectivity index (χ0n) is 29.0. The van der Waals surface area contributed by atoms with Crippen LogP contribution in [0.3, 0.4) is 0 Å². The second-order valence-corrected chi connectivity index (χ2v) is 13.0. The first kappa shape index (κ1) is 41.9. The standard InChI is InChI=1S/C39H75NO3/c1-3-5-7-9-11-13-15-16-17-18-19-20-21-22-23-25-27-29-31-33-35-39(43)40-37(36-41)38(42)34-32-30-28-26-24-14-12-10-8-6-4-2/h19-20,32,34,37-38,41-42H,3-18,21-31,33,35-36H2,1-2H3,(H,40,43)/b20-19-,34-32+. The van der Waals surface area contributed by atoms with E-state index in [0.29, 0.717) is 6.42 Å². The monoisotopic (exact) mass is 606 g/mol. The van der Waals surface area contributed by atoms with Gasteiger partial charge in [0.2, 0.25) is 5.91 Å². The van der Waals surface area contributed by atoms with Crippen LogP contribution in [0.1, 0.15) is 200 Å². The lowest BCUT2D eigenvalue weighted by atomic mass is 10.1. The van der Waals surface area contributed by atoms with E-state index in [1.54, 1.807) is 6.08 Å². The number of amides is 1. The maximum atomic E-state index is 12.3. The molecule has 43 heavy (non-hydrogen) atoms. The molecule has 0 aromatic carbocycles. The van der Waals surface area contributed by atoms with E-state index in [4.69, 9.17) is 0 Å². The Bertz CT molecular complexity index is 618. The van der Waals surface area contributed by atoms with E-state index in [9.17, 15) is 15.0 Å². The maximum Gasteiger partial charge on any atom is 0.220 e. The molecule has 0 spiro atoms. The Labute approximate surface area is 269 Å². The van der Waals surface area contributed by atoms with Crippen LogP contribution in [0.4, 0.5) is 0 Å². The third-order valence-corrected chi connectivity index (χ3v) is 8.68. The molecular weight excluding hydrogens is 530 g/mol. The Hall–Kier alpha value is -1.13. The van der Waals surface area contributed by atoms with Crippen LogP contribution in [0.25, 0.3) is 0 Å². The van der Waals surface area contributed by atoms with Crippen molar-refractivity contribution in [2.45, 2.75) is 212 Å². The molecule has 0 aromatic rings. The fourth-order valence-electron chi connectivity index (χ4n) is 5.70. The lowest BCUT2D eigenvalue weighted by molar-refractivity contribution is -0.123. The molecule has 0 aliphatic rings. The number of nitrogens with one attached hydrogen (secondary N) is 1. The van der Waals surface area contributed by atoms with Crippen molar-refractivity contribution in [1.82, 2.24) is 5.32 Å². The number of hydrogen-bond donors (Lipinski definition) is 3. The molecule has 0 saturated heterocycles. The molecule has 0 aromatic heterocycles. The molecule has 0 rings (SSSR count). The average Bonchev–Trinajstić information content (AvgIpc) is 3.01. The second kappa shape index (κ2) is 35.4. The molecule has 254 valence electrons. The number of hydrogen-bond acceptors (Lipinski definition) is 3. The summed E-state index contributed by atoms with van der Waals surface area (Å²) in [6.07, 6.45) is 44.1. The maximum absolute atomic E-state index is 12.3. The third kappa shape index (κ3) is 32.1. The van der Waals surface area contributed by atoms with Gasteiger partial charge >= 0.3 is 0 Å². The van der Waals surface area contributed by atoms with Gasteiger partial charge in [-0.15, -0.1) is 0 Å². The predicted molar refractivity (Wildman–Crippen MR) is 189 cm³/mol. The summed E-state index contributed by atoms with van der Waals surface area (Å²) < 4.78 is 0. The van der Waals surface area contributed by atoms with Crippen molar-refractivity contribution < 1.29 is 15.0 Å². The molecule has 1 amide bonds. The highest BCUT2D eigenvalue weighted by Crippen LogP contribution is 2.13. The first-order valence-corrected chi connectivity index (χ1v) is 19.1. The smallest absolute Gasteiger partial charge is 0.220 e. The molecule has 0 bridgehead atoms. The Kier molecular flexibility index (Phi) is 34.4. The van der Waals surface area contributed by atoms with E-state index in [0.717, 1.165) is 25.7 Å². The summed E-state index contributed by atoms with van der Waals surface area (Å²) >= 11 is 0. The van der Waals surface area contributed by atoms with Crippen LogP contribution in [0.2, 0.25) is 0 Å². The lowest BCUT2D eigenvalue weighted by Gasteiger charge is -2.20. The van der Waals surface area contributed by atoms with Gasteiger partial charge < -0.3 is 15.5 Å². The van der Waals surface area contributed by atoms with Gasteiger partial charge in [0.15, 0.2) is 0 Å². The van der Waals surface area contributed by atoms with Crippen molar-refractivity contribution in [1.29, 1.82) is 0 Å². The van der Waals surface area contributed by atoms with E-state index in [1.807, 2.05) is 6.08 Å². The van der Waals surface area contributed by atoms with Crippen molar-refractivity contribution >= 4 is 5.91 Å². The van der Waals surface area contributed by atoms with Crippen LogP contribution >= 0.6 is 0 Å². The topological polar surface area (TPSA) is 69.6 Å². The van der Waals surface area contributed by atoms with Crippen LogP contribution in [0.15, 0.2) is 24.3 Å². The minimum atomic E-state index is -0.836. The van der Waals surface area contributed by atoms with Gasteiger partial charge in [0.1, 0.15) is 0 Å². The van der Waals surface area contributed by atoms with Crippen LogP contribution in [-0.4, -0.2) is 34.9 Å². The number of aliphatic hydroxyl groups excluding tert-OH is 2. The molecule has 4 nitrogen and oxygen atoms in total. The number of carbonyl (C=O) groups is 1. The van der Waals surface area contributed by atoms with Crippen LogP contribution < -0.4 is 5.32 Å². The SMILES string of the molecule is CCCCCCCCCCC/C=C\CCCCCCCCCC(=O)NC(CO)C(O)/C=C/CCCCCCCCCCC. The minimum absolute atomic E-state index is 0.0698. The Morgan fingerprint density at radius 3 is 1.28 bits per heavy atom. The summed E-state index contributed by atoms with van der Waals surface area (Å²) in [6.45, 7) is 4.29. The van der Waals surface area contributed by atoms with Gasteiger partial charge in [0, 0.05) is 6.42 Å². The molecule has 0 aliphatic heterocycles. The predicted octanol–water partition coefficient (Wildman–Crippen LogP) is 11.3. The van der Waals surface area contributed by atoms with Crippen molar-refractivity contribution in [3.63, 3.8) is 0 Å². The molecular formula is C39H75NO3. The Morgan fingerprint density at radius 2 is 0.884 bits per heavy atom. The summed E-state index contributed by atoms with van der Waals surface area (Å²) in [7, 11) is 0. The van der Waals surface area contributed by atoms with Crippen molar-refractivity contribution in [3.8, 4) is 0 Å². The van der Waals surface area contributed by atoms with Crippen LogP contribution in [-0.2, 0) is 4.79 Å². The minimum Gasteiger partial charge on any atom is -0.394 e. The summed E-state index contributed by atoms with van der Waals surface area (Å²) in [4.78, 5) is 12.3. The number of aliphatic hydroxyl groups is 2. The molecule has 0 heterocycles. The van der Waals surface area contributed by atoms with Gasteiger partial charge in [0.05, 0.1) is 18.8 Å². The van der Waals surface area contributed by atoms with Gasteiger partial charge in [-0.25, -0.2) is 0 Å². The fourth-order valence-corrected chi connectivity index (χ4v) is 5.70. The summed E-state index contributed by atoms with van der Waals surface area (Å²) in [5.41, 5.74) is 0. The highest BCUT2D eigenvalue weighted by molar-refractivity contribution is 5.76. The van der Waals surface area contributed by atoms with Crippen molar-refractivity contribution in [2.75, 3.05) is 6.61 Å². The summed E-state index contributed by atoms with van der Waals surface area (Å²) in [5.74, 6) is -0.0698. The van der Waals surface area contributed by atoms with Crippen LogP contribution in [0, 0.1) is 0 Å². The average molecular weight is 606 g/mol. The first-order valence-electron chi connectivity index (χ1n) is 19.1. The zero-order chi connectivity index (χ0) is 31.5. The number of unbranched alkanes of at least 4 members (excludes halogenated alkanes) is 25. The van der Waals surface area contributed by atoms with Crippen LogP contribution in [0.5, 0.6) is 0 Å². The van der Waals surface area contributed by atoms with E-state index in [2.05, 4.69) is 31.3 Å². The molecule has 0 aliphatic carbocycles. The first-order chi connectivity index (χ1) is 21.2. The largest absolute Gasteiger partial charge is 0.394 e. The van der Waals surface area contributed by atoms with Crippen molar-refractivity contribution in [3.05, 3.63) is 24.3 Å². The van der Waals surface area contributed by atoms with E-state index in [1.165, 1.54) is 154 Å². The molecule has 0 radical (unpaired) electrons. The van der Waals surface area contributed by atoms with Gasteiger partial charge in [-0.05, 0) is 44.9 Å². The quantitative estimate of drug-likeness (QED) is 0.0505. The van der Waals surface area contributed by atoms with Crippen molar-refractivity contribution in [2.24, 2.45) is 0 Å². The molecule has 3 N–H and O–H groups in total. The Morgan fingerprint density at radius 1 is 0.535 bits per heavy atom. The van der Waals surface area contributed by atoms with Gasteiger partial charge in [-0.2, -0.15) is 0 Å². The Balaban J connectivity index is 3.58. The third-order valence-electron chi connectivity index (χ3n) is 8.68. The summed E-state index contributed by atoms with van der Waals surface area (Å²) in [6, 6.07) is -0.619. The number of allylic oxidation sites excluding steroid dienone is 3. The van der Waals surface area contributed by atoms with Gasteiger partial charge in [0.25, 0.3) is 0 Å². The second-order valence-electron chi connectivity index (χ2n) is 13.0. The number of rotatable bonds is 34. The zero-order valence-corrected chi connectivity index (χ0v) is 29.0. The van der Waals surface area contributed by atoms with E-state index >= 15 is 0 Å². The molecule has 0 fully saturated rings. The summed E-state index contributed by atoms with van der Waals surface area (Å²) in [5, 5.41) is 22.8. The molecule has 0 saturated carbocycles. The highest BCUT2D eigenvalue weighted by atomic mass is 16.3. The molecule has 2 unspecified atom stereocenters. The fraction of sp³-hybridized carbons (Fsp3) is 0.872. The lowest BCUT2D eigenvalue weighted by Crippen LogP contribution is -2.45. The molecule has 2 atom stereocenters. The van der Waals surface area contributed by atoms with Gasteiger partial charge in [-0.3, -0.25) is 4.79 Å². The van der Waals surface area contributed by atoms with Gasteiger partial charge in [-0.1, -0.05) is 173 Å². The number of carbonyl (C=O) groups excluding carboxylic acids is 1. The highest BCUT2D eigenvalue weighted by Gasteiger charge is 2.17. The van der Waals surface area contributed by atoms with E-state index in [-0.39, 0.29) is 12.5 Å². The molecule has 4 heteroatoms. The van der Waals surface area contributed by atoms with E-state index < -0.39 is 12.1 Å².